The van der Waals surface area contributed by atoms with Crippen molar-refractivity contribution in [2.45, 2.75) is 13.3 Å². The van der Waals surface area contributed by atoms with E-state index in [4.69, 9.17) is 4.74 Å². The molecule has 0 radical (unpaired) electrons. The number of hydrogen-bond acceptors (Lipinski definition) is 3. The first-order chi connectivity index (χ1) is 9.11. The second kappa shape index (κ2) is 8.48. The zero-order valence-electron chi connectivity index (χ0n) is 10.7. The predicted octanol–water partition coefficient (Wildman–Crippen LogP) is 2.53. The average molecular weight is 326 g/mol. The van der Waals surface area contributed by atoms with Crippen LogP contribution in [0.1, 0.15) is 18.9 Å². The maximum Gasteiger partial charge on any atom is 0.331 e. The minimum atomic E-state index is -0.533. The Morgan fingerprint density at radius 1 is 1.32 bits per heavy atom. The Morgan fingerprint density at radius 3 is 2.63 bits per heavy atom. The number of nitrogens with one attached hydrogen (secondary N) is 1. The van der Waals surface area contributed by atoms with E-state index in [1.165, 1.54) is 6.08 Å². The van der Waals surface area contributed by atoms with Gasteiger partial charge >= 0.3 is 5.97 Å². The fraction of sp³-hybridized carbons (Fsp3) is 0.286. The smallest absolute Gasteiger partial charge is 0.331 e. The first-order valence-electron chi connectivity index (χ1n) is 5.99. The number of carbonyl (C=O) groups is 2. The fourth-order valence-electron chi connectivity index (χ4n) is 1.24. The van der Waals surface area contributed by atoms with Crippen molar-refractivity contribution in [2.24, 2.45) is 0 Å². The molecule has 4 nitrogen and oxygen atoms in total. The highest BCUT2D eigenvalue weighted by Crippen LogP contribution is 2.11. The van der Waals surface area contributed by atoms with Crippen LogP contribution in [0.5, 0.6) is 0 Å². The molecule has 0 unspecified atom stereocenters. The lowest BCUT2D eigenvalue weighted by molar-refractivity contribution is -0.143. The van der Waals surface area contributed by atoms with Crippen molar-refractivity contribution >= 4 is 33.9 Å². The van der Waals surface area contributed by atoms with E-state index in [9.17, 15) is 9.59 Å². The molecule has 0 atom stereocenters. The van der Waals surface area contributed by atoms with Gasteiger partial charge in [-0.15, -0.1) is 0 Å². The van der Waals surface area contributed by atoms with Crippen LogP contribution in [0.4, 0.5) is 0 Å². The van der Waals surface area contributed by atoms with Crippen molar-refractivity contribution < 1.29 is 14.3 Å². The number of ether oxygens (including phenoxy) is 1. The number of hydrogen-bond donors (Lipinski definition) is 1. The highest BCUT2D eigenvalue weighted by atomic mass is 79.9. The van der Waals surface area contributed by atoms with Crippen molar-refractivity contribution in [3.05, 3.63) is 40.4 Å². The Kier molecular flexibility index (Phi) is 6.89. The van der Waals surface area contributed by atoms with E-state index in [-0.39, 0.29) is 12.5 Å². The third-order valence-electron chi connectivity index (χ3n) is 2.20. The van der Waals surface area contributed by atoms with Crippen LogP contribution in [0.3, 0.4) is 0 Å². The molecule has 0 bridgehead atoms. The summed E-state index contributed by atoms with van der Waals surface area (Å²) in [7, 11) is 0. The van der Waals surface area contributed by atoms with E-state index in [2.05, 4.69) is 21.2 Å². The van der Waals surface area contributed by atoms with Crippen LogP contribution >= 0.6 is 15.9 Å². The third-order valence-corrected chi connectivity index (χ3v) is 2.73. The quantitative estimate of drug-likeness (QED) is 0.646. The summed E-state index contributed by atoms with van der Waals surface area (Å²) in [5.41, 5.74) is 0.885. The summed E-state index contributed by atoms with van der Waals surface area (Å²) in [6.07, 6.45) is 3.79. The SMILES string of the molecule is CCCNC(=O)COC(=O)/C=C/c1ccc(Br)cc1. The van der Waals surface area contributed by atoms with Crippen molar-refractivity contribution in [3.63, 3.8) is 0 Å². The van der Waals surface area contributed by atoms with Gasteiger partial charge in [0.25, 0.3) is 5.91 Å². The standard InChI is InChI=1S/C14H16BrNO3/c1-2-9-16-13(17)10-19-14(18)8-5-11-3-6-12(15)7-4-11/h3-8H,2,9-10H2,1H3,(H,16,17)/b8-5+. The van der Waals surface area contributed by atoms with E-state index in [1.54, 1.807) is 6.08 Å². The van der Waals surface area contributed by atoms with Crippen LogP contribution in [0.25, 0.3) is 6.08 Å². The number of benzene rings is 1. The number of halogens is 1. The van der Waals surface area contributed by atoms with Crippen LogP contribution in [-0.4, -0.2) is 25.0 Å². The van der Waals surface area contributed by atoms with Gasteiger partial charge in [0.05, 0.1) is 0 Å². The fourth-order valence-corrected chi connectivity index (χ4v) is 1.50. The number of amides is 1. The van der Waals surface area contributed by atoms with E-state index >= 15 is 0 Å². The van der Waals surface area contributed by atoms with Gasteiger partial charge < -0.3 is 10.1 Å². The van der Waals surface area contributed by atoms with Crippen molar-refractivity contribution in [1.29, 1.82) is 0 Å². The van der Waals surface area contributed by atoms with E-state index in [1.807, 2.05) is 31.2 Å². The van der Waals surface area contributed by atoms with Gasteiger partial charge in [0.15, 0.2) is 6.61 Å². The highest BCUT2D eigenvalue weighted by Gasteiger charge is 2.03. The van der Waals surface area contributed by atoms with Crippen LogP contribution in [-0.2, 0) is 14.3 Å². The highest BCUT2D eigenvalue weighted by molar-refractivity contribution is 9.10. The predicted molar refractivity (Wildman–Crippen MR) is 77.4 cm³/mol. The number of carbonyl (C=O) groups excluding carboxylic acids is 2. The summed E-state index contributed by atoms with van der Waals surface area (Å²) < 4.78 is 5.77. The minimum Gasteiger partial charge on any atom is -0.452 e. The number of rotatable bonds is 6. The first-order valence-corrected chi connectivity index (χ1v) is 6.78. The second-order valence-electron chi connectivity index (χ2n) is 3.84. The molecule has 0 saturated heterocycles. The Morgan fingerprint density at radius 2 is 2.00 bits per heavy atom. The van der Waals surface area contributed by atoms with E-state index < -0.39 is 5.97 Å². The zero-order chi connectivity index (χ0) is 14.1. The van der Waals surface area contributed by atoms with Crippen molar-refractivity contribution in [1.82, 2.24) is 5.32 Å². The topological polar surface area (TPSA) is 55.4 Å². The summed E-state index contributed by atoms with van der Waals surface area (Å²) in [5, 5.41) is 2.62. The maximum atomic E-state index is 11.4. The summed E-state index contributed by atoms with van der Waals surface area (Å²) in [5.74, 6) is -0.818. The second-order valence-corrected chi connectivity index (χ2v) is 4.76. The number of esters is 1. The van der Waals surface area contributed by atoms with Gasteiger partial charge in [0.1, 0.15) is 0 Å². The largest absolute Gasteiger partial charge is 0.452 e. The molecule has 0 fully saturated rings. The minimum absolute atomic E-state index is 0.247. The maximum absolute atomic E-state index is 11.4. The van der Waals surface area contributed by atoms with E-state index in [0.717, 1.165) is 16.5 Å². The molecule has 102 valence electrons. The normalized spacial score (nSPS) is 10.4. The van der Waals surface area contributed by atoms with Gasteiger partial charge in [0.2, 0.25) is 0 Å². The molecule has 1 N–H and O–H groups in total. The van der Waals surface area contributed by atoms with E-state index in [0.29, 0.717) is 6.54 Å². The molecule has 0 saturated carbocycles. The Hall–Kier alpha value is -1.62. The molecular formula is C14H16BrNO3. The molecule has 0 aliphatic carbocycles. The third kappa shape index (κ3) is 6.76. The van der Waals surface area contributed by atoms with Gasteiger partial charge in [-0.05, 0) is 30.2 Å². The average Bonchev–Trinajstić information content (AvgIpc) is 2.42. The lowest BCUT2D eigenvalue weighted by Crippen LogP contribution is -2.28. The van der Waals surface area contributed by atoms with Crippen LogP contribution in [0.2, 0.25) is 0 Å². The molecule has 1 rings (SSSR count). The lowest BCUT2D eigenvalue weighted by Gasteiger charge is -2.03. The van der Waals surface area contributed by atoms with Crippen LogP contribution in [0, 0.1) is 0 Å². The summed E-state index contributed by atoms with van der Waals surface area (Å²) >= 11 is 3.33. The molecule has 0 aromatic heterocycles. The van der Waals surface area contributed by atoms with Crippen molar-refractivity contribution in [2.75, 3.05) is 13.2 Å². The molecule has 1 aromatic carbocycles. The van der Waals surface area contributed by atoms with Gasteiger partial charge in [-0.1, -0.05) is 35.0 Å². The Labute approximate surface area is 121 Å². The lowest BCUT2D eigenvalue weighted by atomic mass is 10.2. The van der Waals surface area contributed by atoms with Crippen molar-refractivity contribution in [3.8, 4) is 0 Å². The molecular weight excluding hydrogens is 310 g/mol. The summed E-state index contributed by atoms with van der Waals surface area (Å²) in [4.78, 5) is 22.6. The first kappa shape index (κ1) is 15.4. The van der Waals surface area contributed by atoms with Gasteiger partial charge in [-0.25, -0.2) is 4.79 Å². The summed E-state index contributed by atoms with van der Waals surface area (Å²) in [6, 6.07) is 7.48. The van der Waals surface area contributed by atoms with Gasteiger partial charge in [0, 0.05) is 17.1 Å². The zero-order valence-corrected chi connectivity index (χ0v) is 12.3. The molecule has 0 aliphatic heterocycles. The van der Waals surface area contributed by atoms with Crippen LogP contribution in [0.15, 0.2) is 34.8 Å². The molecule has 19 heavy (non-hydrogen) atoms. The molecule has 0 heterocycles. The van der Waals surface area contributed by atoms with Gasteiger partial charge in [-0.3, -0.25) is 4.79 Å². The van der Waals surface area contributed by atoms with Gasteiger partial charge in [-0.2, -0.15) is 0 Å². The van der Waals surface area contributed by atoms with Crippen LogP contribution < -0.4 is 5.32 Å². The monoisotopic (exact) mass is 325 g/mol. The summed E-state index contributed by atoms with van der Waals surface area (Å²) in [6.45, 7) is 2.29. The molecule has 5 heteroatoms. The molecule has 1 aromatic rings. The Balaban J connectivity index is 2.34. The Bertz CT molecular complexity index is 454. The molecule has 0 aliphatic rings. The molecule has 1 amide bonds. The molecule has 0 spiro atoms.